The smallest absolute Gasteiger partial charge is 0.225 e. The highest BCUT2D eigenvalue weighted by Gasteiger charge is 2.26. The number of benzene rings is 1. The van der Waals surface area contributed by atoms with Gasteiger partial charge in [-0.2, -0.15) is 0 Å². The van der Waals surface area contributed by atoms with E-state index in [0.29, 0.717) is 5.91 Å². The molecule has 16 heavy (non-hydrogen) atoms. The van der Waals surface area contributed by atoms with E-state index in [1.165, 1.54) is 5.56 Å². The molecule has 1 aromatic carbocycles. The van der Waals surface area contributed by atoms with Crippen LogP contribution < -0.4 is 0 Å². The van der Waals surface area contributed by atoms with Crippen LogP contribution >= 0.6 is 0 Å². The standard InChI is InChI=1S/C14H19NO/c1-2-13-9-6-10-15(14(13)16)11-12-7-4-3-5-8-12/h3-5,7-8,13H,2,6,9-11H2,1H3/t13-/m0/s1. The molecule has 0 N–H and O–H groups in total. The van der Waals surface area contributed by atoms with Gasteiger partial charge in [0.2, 0.25) is 5.91 Å². The van der Waals surface area contributed by atoms with Crippen LogP contribution in [-0.4, -0.2) is 17.4 Å². The molecule has 1 saturated heterocycles. The van der Waals surface area contributed by atoms with E-state index in [1.807, 2.05) is 23.1 Å². The maximum absolute atomic E-state index is 12.1. The maximum atomic E-state index is 12.1. The second-order valence-corrected chi connectivity index (χ2v) is 4.49. The van der Waals surface area contributed by atoms with Crippen molar-refractivity contribution in [3.05, 3.63) is 35.9 Å². The topological polar surface area (TPSA) is 20.3 Å². The Labute approximate surface area is 97.3 Å². The Morgan fingerprint density at radius 1 is 1.31 bits per heavy atom. The van der Waals surface area contributed by atoms with Gasteiger partial charge in [0.25, 0.3) is 0 Å². The SMILES string of the molecule is CC[C@H]1CCCN(Cc2ccccc2)C1=O. The van der Waals surface area contributed by atoms with Gasteiger partial charge in [-0.25, -0.2) is 0 Å². The van der Waals surface area contributed by atoms with Crippen LogP contribution in [0, 0.1) is 5.92 Å². The number of likely N-dealkylation sites (tertiary alicyclic amines) is 1. The normalized spacial score (nSPS) is 21.2. The van der Waals surface area contributed by atoms with Crippen molar-refractivity contribution in [1.82, 2.24) is 4.90 Å². The van der Waals surface area contributed by atoms with Crippen molar-refractivity contribution in [3.63, 3.8) is 0 Å². The second kappa shape index (κ2) is 5.15. The third-order valence-electron chi connectivity index (χ3n) is 3.35. The molecule has 2 nitrogen and oxygen atoms in total. The highest BCUT2D eigenvalue weighted by atomic mass is 16.2. The van der Waals surface area contributed by atoms with Gasteiger partial charge >= 0.3 is 0 Å². The quantitative estimate of drug-likeness (QED) is 0.762. The Balaban J connectivity index is 2.02. The molecular weight excluding hydrogens is 198 g/mol. The summed E-state index contributed by atoms with van der Waals surface area (Å²) in [4.78, 5) is 14.1. The molecule has 1 fully saturated rings. The fourth-order valence-electron chi connectivity index (χ4n) is 2.36. The summed E-state index contributed by atoms with van der Waals surface area (Å²) < 4.78 is 0. The fourth-order valence-corrected chi connectivity index (χ4v) is 2.36. The molecule has 86 valence electrons. The van der Waals surface area contributed by atoms with Gasteiger partial charge in [-0.15, -0.1) is 0 Å². The van der Waals surface area contributed by atoms with E-state index in [-0.39, 0.29) is 5.92 Å². The summed E-state index contributed by atoms with van der Waals surface area (Å²) in [7, 11) is 0. The number of carbonyl (C=O) groups excluding carboxylic acids is 1. The minimum absolute atomic E-state index is 0.262. The van der Waals surface area contributed by atoms with E-state index < -0.39 is 0 Å². The molecule has 0 saturated carbocycles. The Bertz CT molecular complexity index is 347. The van der Waals surface area contributed by atoms with Gasteiger partial charge in [-0.1, -0.05) is 37.3 Å². The van der Waals surface area contributed by atoms with Gasteiger partial charge in [0.1, 0.15) is 0 Å². The molecule has 0 spiro atoms. The first-order valence-electron chi connectivity index (χ1n) is 6.14. The first-order chi connectivity index (χ1) is 7.81. The van der Waals surface area contributed by atoms with Crippen LogP contribution in [0.15, 0.2) is 30.3 Å². The van der Waals surface area contributed by atoms with Crippen LogP contribution in [0.25, 0.3) is 0 Å². The van der Waals surface area contributed by atoms with Crippen LogP contribution in [0.2, 0.25) is 0 Å². The van der Waals surface area contributed by atoms with Gasteiger partial charge in [0.15, 0.2) is 0 Å². The van der Waals surface area contributed by atoms with Crippen molar-refractivity contribution in [2.75, 3.05) is 6.54 Å². The molecule has 2 rings (SSSR count). The molecule has 1 amide bonds. The van der Waals surface area contributed by atoms with E-state index in [2.05, 4.69) is 19.1 Å². The van der Waals surface area contributed by atoms with Gasteiger partial charge in [-0.05, 0) is 24.8 Å². The second-order valence-electron chi connectivity index (χ2n) is 4.49. The van der Waals surface area contributed by atoms with Gasteiger partial charge in [0.05, 0.1) is 0 Å². The number of rotatable bonds is 3. The largest absolute Gasteiger partial charge is 0.338 e. The van der Waals surface area contributed by atoms with Gasteiger partial charge in [0, 0.05) is 19.0 Å². The maximum Gasteiger partial charge on any atom is 0.225 e. The Kier molecular flexibility index (Phi) is 3.60. The molecule has 1 aromatic rings. The third-order valence-corrected chi connectivity index (χ3v) is 3.35. The number of hydrogen-bond acceptors (Lipinski definition) is 1. The Morgan fingerprint density at radius 2 is 2.06 bits per heavy atom. The summed E-state index contributed by atoms with van der Waals surface area (Å²) in [6.45, 7) is 3.80. The van der Waals surface area contributed by atoms with E-state index in [4.69, 9.17) is 0 Å². The van der Waals surface area contributed by atoms with Crippen LogP contribution in [0.4, 0.5) is 0 Å². The molecule has 1 heterocycles. The summed E-state index contributed by atoms with van der Waals surface area (Å²) in [5.41, 5.74) is 1.23. The predicted octanol–water partition coefficient (Wildman–Crippen LogP) is 2.84. The summed E-state index contributed by atoms with van der Waals surface area (Å²) in [5, 5.41) is 0. The molecule has 2 heteroatoms. The van der Waals surface area contributed by atoms with Crippen molar-refractivity contribution >= 4 is 5.91 Å². The molecule has 1 aliphatic heterocycles. The molecule has 0 aromatic heterocycles. The van der Waals surface area contributed by atoms with Crippen molar-refractivity contribution < 1.29 is 4.79 Å². The summed E-state index contributed by atoms with van der Waals surface area (Å²) in [6.07, 6.45) is 3.20. The number of hydrogen-bond donors (Lipinski definition) is 0. The average Bonchev–Trinajstić information content (AvgIpc) is 2.33. The molecule has 0 unspecified atom stereocenters. The number of carbonyl (C=O) groups is 1. The lowest BCUT2D eigenvalue weighted by molar-refractivity contribution is -0.139. The number of piperidine rings is 1. The van der Waals surface area contributed by atoms with Crippen LogP contribution in [0.5, 0.6) is 0 Å². The lowest BCUT2D eigenvalue weighted by atomic mass is 9.94. The summed E-state index contributed by atoms with van der Waals surface area (Å²) >= 11 is 0. The van der Waals surface area contributed by atoms with Crippen molar-refractivity contribution in [1.29, 1.82) is 0 Å². The van der Waals surface area contributed by atoms with Crippen LogP contribution in [0.1, 0.15) is 31.7 Å². The zero-order valence-electron chi connectivity index (χ0n) is 9.86. The Morgan fingerprint density at radius 3 is 2.75 bits per heavy atom. The summed E-state index contributed by atoms with van der Waals surface area (Å²) in [5.74, 6) is 0.607. The third kappa shape index (κ3) is 2.43. The first kappa shape index (κ1) is 11.2. The monoisotopic (exact) mass is 217 g/mol. The molecule has 1 atom stereocenters. The summed E-state index contributed by atoms with van der Waals surface area (Å²) in [6, 6.07) is 10.2. The zero-order chi connectivity index (χ0) is 11.4. The van der Waals surface area contributed by atoms with E-state index in [1.54, 1.807) is 0 Å². The minimum atomic E-state index is 0.262. The molecule has 0 bridgehead atoms. The van der Waals surface area contributed by atoms with E-state index in [0.717, 1.165) is 32.4 Å². The predicted molar refractivity (Wildman–Crippen MR) is 64.9 cm³/mol. The highest BCUT2D eigenvalue weighted by molar-refractivity contribution is 5.79. The first-order valence-corrected chi connectivity index (χ1v) is 6.14. The van der Waals surface area contributed by atoms with Crippen molar-refractivity contribution in [3.8, 4) is 0 Å². The minimum Gasteiger partial charge on any atom is -0.338 e. The van der Waals surface area contributed by atoms with E-state index >= 15 is 0 Å². The van der Waals surface area contributed by atoms with Crippen molar-refractivity contribution in [2.24, 2.45) is 5.92 Å². The molecule has 0 aliphatic carbocycles. The fraction of sp³-hybridized carbons (Fsp3) is 0.500. The lowest BCUT2D eigenvalue weighted by Crippen LogP contribution is -2.40. The molecule has 0 radical (unpaired) electrons. The molecular formula is C14H19NO. The number of amides is 1. The number of nitrogens with zero attached hydrogens (tertiary/aromatic N) is 1. The van der Waals surface area contributed by atoms with Crippen LogP contribution in [-0.2, 0) is 11.3 Å². The lowest BCUT2D eigenvalue weighted by Gasteiger charge is -2.31. The zero-order valence-corrected chi connectivity index (χ0v) is 9.86. The highest BCUT2D eigenvalue weighted by Crippen LogP contribution is 2.22. The van der Waals surface area contributed by atoms with Gasteiger partial charge in [-0.3, -0.25) is 4.79 Å². The van der Waals surface area contributed by atoms with Crippen LogP contribution in [0.3, 0.4) is 0 Å². The van der Waals surface area contributed by atoms with E-state index in [9.17, 15) is 4.79 Å². The Hall–Kier alpha value is -1.31. The molecule has 1 aliphatic rings. The average molecular weight is 217 g/mol. The van der Waals surface area contributed by atoms with Gasteiger partial charge < -0.3 is 4.90 Å². The van der Waals surface area contributed by atoms with Crippen molar-refractivity contribution in [2.45, 2.75) is 32.7 Å².